The number of carboxylic acids is 1. The van der Waals surface area contributed by atoms with Gasteiger partial charge in [-0.3, -0.25) is 0 Å². The zero-order valence-electron chi connectivity index (χ0n) is 8.26. The zero-order chi connectivity index (χ0) is 12.6. The van der Waals surface area contributed by atoms with Gasteiger partial charge in [0.1, 0.15) is 0 Å². The van der Waals surface area contributed by atoms with E-state index in [2.05, 4.69) is 41.9 Å². The fourth-order valence-corrected chi connectivity index (χ4v) is 2.41. The first kappa shape index (κ1) is 12.1. The van der Waals surface area contributed by atoms with Gasteiger partial charge in [0.05, 0.1) is 16.4 Å². The molecule has 2 heterocycles. The Kier molecular flexibility index (Phi) is 3.16. The molecule has 0 unspecified atom stereocenters. The van der Waals surface area contributed by atoms with Gasteiger partial charge < -0.3 is 10.8 Å². The lowest BCUT2D eigenvalue weighted by atomic mass is 10.4. The standard InChI is InChI=1S/C9H6Br2N4O2/c10-4-1-5(11)8(13-2-4)15-3-6(12)7(14-15)9(16)17/h1-3H,12H2,(H,16,17). The lowest BCUT2D eigenvalue weighted by Gasteiger charge is -2.02. The molecule has 6 nitrogen and oxygen atoms in total. The van der Waals surface area contributed by atoms with Crippen molar-refractivity contribution in [3.63, 3.8) is 0 Å². The van der Waals surface area contributed by atoms with Crippen molar-refractivity contribution >= 4 is 43.5 Å². The van der Waals surface area contributed by atoms with Gasteiger partial charge >= 0.3 is 5.97 Å². The van der Waals surface area contributed by atoms with Crippen LogP contribution in [-0.4, -0.2) is 25.8 Å². The number of anilines is 1. The minimum atomic E-state index is -1.17. The summed E-state index contributed by atoms with van der Waals surface area (Å²) in [5.74, 6) is -0.707. The van der Waals surface area contributed by atoms with Crippen molar-refractivity contribution in [1.82, 2.24) is 14.8 Å². The summed E-state index contributed by atoms with van der Waals surface area (Å²) in [4.78, 5) is 14.9. The van der Waals surface area contributed by atoms with E-state index < -0.39 is 5.97 Å². The summed E-state index contributed by atoms with van der Waals surface area (Å²) < 4.78 is 2.79. The van der Waals surface area contributed by atoms with Gasteiger partial charge in [-0.2, -0.15) is 5.10 Å². The summed E-state index contributed by atoms with van der Waals surface area (Å²) in [6.45, 7) is 0. The molecule has 0 spiro atoms. The third-order valence-electron chi connectivity index (χ3n) is 1.95. The molecule has 0 saturated heterocycles. The molecule has 0 radical (unpaired) electrons. The molecular weight excluding hydrogens is 356 g/mol. The summed E-state index contributed by atoms with van der Waals surface area (Å²) in [5.41, 5.74) is 5.44. The largest absolute Gasteiger partial charge is 0.476 e. The minimum absolute atomic E-state index is 0.0918. The average Bonchev–Trinajstić information content (AvgIpc) is 2.60. The maximum absolute atomic E-state index is 10.8. The Morgan fingerprint density at radius 1 is 1.47 bits per heavy atom. The molecule has 3 N–H and O–H groups in total. The fraction of sp³-hybridized carbons (Fsp3) is 0. The highest BCUT2D eigenvalue weighted by Gasteiger charge is 2.15. The first-order valence-corrected chi connectivity index (χ1v) is 5.97. The highest BCUT2D eigenvalue weighted by molar-refractivity contribution is 9.11. The molecule has 0 aliphatic rings. The Labute approximate surface area is 113 Å². The van der Waals surface area contributed by atoms with E-state index in [9.17, 15) is 4.79 Å². The van der Waals surface area contributed by atoms with Crippen LogP contribution in [0.15, 0.2) is 27.4 Å². The molecule has 8 heteroatoms. The van der Waals surface area contributed by atoms with Crippen molar-refractivity contribution < 1.29 is 9.90 Å². The van der Waals surface area contributed by atoms with Crippen LogP contribution in [0.2, 0.25) is 0 Å². The maximum Gasteiger partial charge on any atom is 0.358 e. The predicted molar refractivity (Wildman–Crippen MR) is 68.1 cm³/mol. The number of nitrogens with two attached hydrogens (primary N) is 1. The minimum Gasteiger partial charge on any atom is -0.476 e. The van der Waals surface area contributed by atoms with E-state index in [1.165, 1.54) is 10.9 Å². The Bertz CT molecular complexity index is 597. The van der Waals surface area contributed by atoms with Crippen molar-refractivity contribution in [2.24, 2.45) is 0 Å². The summed E-state index contributed by atoms with van der Waals surface area (Å²) in [6, 6.07) is 1.78. The van der Waals surface area contributed by atoms with Crippen molar-refractivity contribution in [2.75, 3.05) is 5.73 Å². The summed E-state index contributed by atoms with van der Waals surface area (Å²) >= 11 is 6.58. The number of rotatable bonds is 2. The lowest BCUT2D eigenvalue weighted by molar-refractivity contribution is 0.0691. The van der Waals surface area contributed by atoms with Gasteiger partial charge in [0.15, 0.2) is 11.5 Å². The molecule has 2 aromatic rings. The molecule has 0 saturated carbocycles. The van der Waals surface area contributed by atoms with E-state index in [1.54, 1.807) is 12.3 Å². The summed E-state index contributed by atoms with van der Waals surface area (Å²) in [7, 11) is 0. The normalized spacial score (nSPS) is 10.5. The molecule has 0 fully saturated rings. The Morgan fingerprint density at radius 2 is 2.18 bits per heavy atom. The number of halogens is 2. The van der Waals surface area contributed by atoms with Crippen molar-refractivity contribution in [2.45, 2.75) is 0 Å². The quantitative estimate of drug-likeness (QED) is 0.853. The topological polar surface area (TPSA) is 94.0 Å². The van der Waals surface area contributed by atoms with Gasteiger partial charge in [-0.25, -0.2) is 14.5 Å². The number of aromatic carboxylic acids is 1. The number of hydrogen-bond acceptors (Lipinski definition) is 4. The van der Waals surface area contributed by atoms with Crippen molar-refractivity contribution in [3.05, 3.63) is 33.1 Å². The Hall–Kier alpha value is -1.41. The third-order valence-corrected chi connectivity index (χ3v) is 2.97. The second-order valence-electron chi connectivity index (χ2n) is 3.14. The molecule has 2 aromatic heterocycles. The average molecular weight is 362 g/mol. The van der Waals surface area contributed by atoms with E-state index >= 15 is 0 Å². The number of nitrogen functional groups attached to an aromatic ring is 1. The maximum atomic E-state index is 10.8. The molecule has 17 heavy (non-hydrogen) atoms. The molecule has 0 aliphatic heterocycles. The molecule has 0 aliphatic carbocycles. The molecule has 2 rings (SSSR count). The number of carboxylic acid groups (broad SMARTS) is 1. The van der Waals surface area contributed by atoms with E-state index in [1.807, 2.05) is 0 Å². The number of hydrogen-bond donors (Lipinski definition) is 2. The van der Waals surface area contributed by atoms with Crippen LogP contribution < -0.4 is 5.73 Å². The monoisotopic (exact) mass is 360 g/mol. The van der Waals surface area contributed by atoms with Gasteiger partial charge in [0.25, 0.3) is 0 Å². The van der Waals surface area contributed by atoms with E-state index in [4.69, 9.17) is 10.8 Å². The molecule has 88 valence electrons. The van der Waals surface area contributed by atoms with E-state index in [0.717, 1.165) is 4.47 Å². The Balaban J connectivity index is 2.53. The van der Waals surface area contributed by atoms with Gasteiger partial charge in [0, 0.05) is 10.7 Å². The van der Waals surface area contributed by atoms with Crippen LogP contribution in [-0.2, 0) is 0 Å². The summed E-state index contributed by atoms with van der Waals surface area (Å²) in [6.07, 6.45) is 2.99. The zero-order valence-corrected chi connectivity index (χ0v) is 11.4. The van der Waals surface area contributed by atoms with E-state index in [-0.39, 0.29) is 11.4 Å². The predicted octanol–water partition coefficient (Wildman–Crippen LogP) is 2.07. The number of nitrogens with zero attached hydrogens (tertiary/aromatic N) is 3. The first-order chi connectivity index (χ1) is 7.99. The number of aromatic nitrogens is 3. The highest BCUT2D eigenvalue weighted by Crippen LogP contribution is 2.23. The molecule has 0 aromatic carbocycles. The molecule has 0 bridgehead atoms. The SMILES string of the molecule is Nc1cn(-c2ncc(Br)cc2Br)nc1C(=O)O. The van der Waals surface area contributed by atoms with Crippen LogP contribution in [0, 0.1) is 0 Å². The van der Waals surface area contributed by atoms with Gasteiger partial charge in [-0.05, 0) is 37.9 Å². The first-order valence-electron chi connectivity index (χ1n) is 4.39. The van der Waals surface area contributed by atoms with Crippen LogP contribution in [0.25, 0.3) is 5.82 Å². The smallest absolute Gasteiger partial charge is 0.358 e. The second-order valence-corrected chi connectivity index (χ2v) is 4.91. The van der Waals surface area contributed by atoms with Gasteiger partial charge in [-0.15, -0.1) is 0 Å². The van der Waals surface area contributed by atoms with Crippen LogP contribution in [0.5, 0.6) is 0 Å². The van der Waals surface area contributed by atoms with Gasteiger partial charge in [0.2, 0.25) is 0 Å². The lowest BCUT2D eigenvalue weighted by Crippen LogP contribution is -2.04. The number of pyridine rings is 1. The number of carbonyl (C=O) groups is 1. The van der Waals surface area contributed by atoms with Crippen molar-refractivity contribution in [1.29, 1.82) is 0 Å². The molecular formula is C9H6Br2N4O2. The molecule has 0 amide bonds. The van der Waals surface area contributed by atoms with Crippen molar-refractivity contribution in [3.8, 4) is 5.82 Å². The summed E-state index contributed by atoms with van der Waals surface area (Å²) in [5, 5.41) is 12.7. The Morgan fingerprint density at radius 3 is 2.71 bits per heavy atom. The molecule has 0 atom stereocenters. The highest BCUT2D eigenvalue weighted by atomic mass is 79.9. The van der Waals surface area contributed by atoms with Gasteiger partial charge in [-0.1, -0.05) is 0 Å². The van der Waals surface area contributed by atoms with E-state index in [0.29, 0.717) is 10.3 Å². The van der Waals surface area contributed by atoms with Crippen LogP contribution in [0.3, 0.4) is 0 Å². The van der Waals surface area contributed by atoms with Crippen LogP contribution in [0.4, 0.5) is 5.69 Å². The second kappa shape index (κ2) is 4.46. The fourth-order valence-electron chi connectivity index (χ4n) is 1.24. The van der Waals surface area contributed by atoms with Crippen LogP contribution >= 0.6 is 31.9 Å². The third kappa shape index (κ3) is 2.32. The van der Waals surface area contributed by atoms with Crippen LogP contribution in [0.1, 0.15) is 10.5 Å².